The van der Waals surface area contributed by atoms with Crippen LogP contribution in [0, 0.1) is 0 Å². The predicted octanol–water partition coefficient (Wildman–Crippen LogP) is -2.37. The Morgan fingerprint density at radius 2 is 1.50 bits per heavy atom. The van der Waals surface area contributed by atoms with Gasteiger partial charge in [-0.2, -0.15) is 0 Å². The molecule has 0 aromatic heterocycles. The third kappa shape index (κ3) is 82.7. The van der Waals surface area contributed by atoms with Gasteiger partial charge < -0.3 is 0 Å². The fourth-order valence-electron chi connectivity index (χ4n) is 0. The van der Waals surface area contributed by atoms with Crippen LogP contribution in [0.25, 0.3) is 0 Å². The molecule has 0 bridgehead atoms. The minimum Gasteiger partial charge on any atom is 2.00 e. The first-order valence-electron chi connectivity index (χ1n) is 0.683. The van der Waals surface area contributed by atoms with Crippen molar-refractivity contribution in [1.82, 2.24) is 0 Å². The Hall–Kier alpha value is 0.975. The van der Waals surface area contributed by atoms with Crippen molar-refractivity contribution in [3.05, 3.63) is 0 Å². The van der Waals surface area contributed by atoms with Crippen molar-refractivity contribution in [3.8, 4) is 0 Å². The molecule has 0 aromatic rings. The van der Waals surface area contributed by atoms with Gasteiger partial charge in [0.2, 0.25) is 0 Å². The van der Waals surface area contributed by atoms with Crippen LogP contribution in [0.2, 0.25) is 0 Å². The van der Waals surface area contributed by atoms with Gasteiger partial charge in [0, 0.05) is 0 Å². The van der Waals surface area contributed by atoms with Gasteiger partial charge in [0.05, 0.1) is 0 Å². The summed E-state index contributed by atoms with van der Waals surface area (Å²) in [5, 5.41) is 0. The van der Waals surface area contributed by atoms with E-state index in [0.29, 0.717) is 0 Å². The Labute approximate surface area is 56.7 Å². The molecule has 1 N–H and O–H groups in total. The van der Waals surface area contributed by atoms with Gasteiger partial charge >= 0.3 is 56.8 Å². The summed E-state index contributed by atoms with van der Waals surface area (Å²) in [6, 6.07) is 0. The van der Waals surface area contributed by atoms with Crippen molar-refractivity contribution in [2.75, 3.05) is 0 Å². The second-order valence-corrected chi connectivity index (χ2v) is 1.76. The molecule has 0 amide bonds. The summed E-state index contributed by atoms with van der Waals surface area (Å²) in [4.78, 5) is 0. The van der Waals surface area contributed by atoms with Crippen molar-refractivity contribution >= 4 is 27.3 Å². The van der Waals surface area contributed by atoms with Crippen LogP contribution in [0.15, 0.2) is 0 Å². The molecule has 0 aromatic carbocycles. The molecule has 0 saturated carbocycles. The van der Waals surface area contributed by atoms with Gasteiger partial charge in [0.25, 0.3) is 0 Å². The Bertz CT molecular complexity index is 90.7. The number of hydrogen-bond donors (Lipinski definition) is 1. The molecule has 0 aliphatic carbocycles. The third-order valence-electron chi connectivity index (χ3n) is 0. The van der Waals surface area contributed by atoms with E-state index in [1.165, 1.54) is 0 Å². The Kier molecular flexibility index (Phi) is 5.10. The second-order valence-electron chi connectivity index (χ2n) is 0.428. The molecule has 6 heavy (non-hydrogen) atoms. The van der Waals surface area contributed by atoms with Crippen LogP contribution >= 0.6 is 0 Å². The second kappa shape index (κ2) is 3.04. The van der Waals surface area contributed by atoms with E-state index in [0.717, 1.165) is 0 Å². The van der Waals surface area contributed by atoms with Gasteiger partial charge in [0.1, 0.15) is 0 Å². The standard InChI is InChI=1S/Cr.H2O.3O.Pb/h;1H2;;;;/q+1;;;;-1;+2/p-1. The van der Waals surface area contributed by atoms with Gasteiger partial charge in [-0.1, -0.05) is 0 Å². The third-order valence-corrected chi connectivity index (χ3v) is 0. The SMILES string of the molecule is [O]=[Cr](=[O])([O-])[OH].[Pb+2]. The van der Waals surface area contributed by atoms with E-state index in [4.69, 9.17) is 15.9 Å². The van der Waals surface area contributed by atoms with Crippen LogP contribution in [-0.4, -0.2) is 31.5 Å². The fraction of sp³-hybridized carbons (Fsp3) is 0. The van der Waals surface area contributed by atoms with Crippen molar-refractivity contribution in [3.63, 3.8) is 0 Å². The molecule has 4 nitrogen and oxygen atoms in total. The summed E-state index contributed by atoms with van der Waals surface area (Å²) in [6.45, 7) is 0. The molecule has 0 unspecified atom stereocenters. The molecular weight excluding hydrogens is 323 g/mol. The van der Waals surface area contributed by atoms with Crippen LogP contribution in [0.4, 0.5) is 0 Å². The topological polar surface area (TPSA) is 77.4 Å². The molecule has 0 atom stereocenters. The summed E-state index contributed by atoms with van der Waals surface area (Å²) >= 11 is -5.50. The van der Waals surface area contributed by atoms with Crippen molar-refractivity contribution < 1.29 is 29.5 Å². The van der Waals surface area contributed by atoms with Crippen LogP contribution in [-0.2, 0) is 21.2 Å². The maximum atomic E-state index is 8.70. The van der Waals surface area contributed by atoms with E-state index in [1.807, 2.05) is 0 Å². The summed E-state index contributed by atoms with van der Waals surface area (Å²) in [5.74, 6) is 0. The minimum absolute atomic E-state index is 0. The monoisotopic (exact) mass is 325 g/mol. The molecular formula is HCrO4Pb+. The Balaban J connectivity index is 0. The van der Waals surface area contributed by atoms with E-state index in [9.17, 15) is 0 Å². The van der Waals surface area contributed by atoms with Crippen LogP contribution < -0.4 is 4.16 Å². The van der Waals surface area contributed by atoms with Crippen LogP contribution in [0.5, 0.6) is 0 Å². The zero-order valence-electron chi connectivity index (χ0n) is 2.58. The maximum Gasteiger partial charge on any atom is 2.00 e. The molecule has 6 heteroatoms. The van der Waals surface area contributed by atoms with E-state index in [2.05, 4.69) is 0 Å². The van der Waals surface area contributed by atoms with Crippen LogP contribution in [0.1, 0.15) is 0 Å². The van der Waals surface area contributed by atoms with Gasteiger partial charge in [-0.15, -0.1) is 0 Å². The molecule has 0 fully saturated rings. The number of hydrogen-bond acceptors (Lipinski definition) is 3. The van der Waals surface area contributed by atoms with E-state index in [-0.39, 0.29) is 27.3 Å². The Morgan fingerprint density at radius 1 is 1.50 bits per heavy atom. The Morgan fingerprint density at radius 3 is 1.50 bits per heavy atom. The van der Waals surface area contributed by atoms with Crippen molar-refractivity contribution in [1.29, 1.82) is 0 Å². The predicted molar refractivity (Wildman–Crippen MR) is 9.35 cm³/mol. The van der Waals surface area contributed by atoms with Gasteiger partial charge in [-0.3, -0.25) is 0 Å². The van der Waals surface area contributed by atoms with E-state index in [1.54, 1.807) is 0 Å². The smallest absolute Gasteiger partial charge is 2.00 e. The van der Waals surface area contributed by atoms with Crippen molar-refractivity contribution in [2.45, 2.75) is 0 Å². The largest absolute Gasteiger partial charge is 2.00 e. The molecule has 0 heterocycles. The first kappa shape index (κ1) is 10.1. The van der Waals surface area contributed by atoms with Gasteiger partial charge in [-0.05, 0) is 0 Å². The summed E-state index contributed by atoms with van der Waals surface area (Å²) < 4.78 is 33.1. The van der Waals surface area contributed by atoms with Crippen LogP contribution in [0.3, 0.4) is 0 Å². The van der Waals surface area contributed by atoms with Crippen molar-refractivity contribution in [2.24, 2.45) is 0 Å². The molecule has 0 aliphatic rings. The van der Waals surface area contributed by atoms with E-state index < -0.39 is 13.6 Å². The molecule has 0 rings (SSSR count). The normalized spacial score (nSPS) is 9.67. The quantitative estimate of drug-likeness (QED) is 0.506. The summed E-state index contributed by atoms with van der Waals surface area (Å²) in [6.07, 6.45) is 0. The zero-order chi connectivity index (χ0) is 4.50. The molecule has 0 spiro atoms. The van der Waals surface area contributed by atoms with E-state index >= 15 is 0 Å². The number of rotatable bonds is 0. The summed E-state index contributed by atoms with van der Waals surface area (Å²) in [7, 11) is 0. The molecule has 2 radical (unpaired) electrons. The fourth-order valence-corrected chi connectivity index (χ4v) is 0. The average Bonchev–Trinajstić information content (AvgIpc) is 0.722. The van der Waals surface area contributed by atoms with Gasteiger partial charge in [0.15, 0.2) is 0 Å². The molecule has 0 saturated heterocycles. The van der Waals surface area contributed by atoms with Gasteiger partial charge in [-0.25, -0.2) is 0 Å². The molecule has 34 valence electrons. The first-order valence-corrected chi connectivity index (χ1v) is 2.81. The minimum atomic E-state index is -5.50. The first-order chi connectivity index (χ1) is 2.00. The summed E-state index contributed by atoms with van der Waals surface area (Å²) in [5.41, 5.74) is 0. The molecule has 0 aliphatic heterocycles. The maximum absolute atomic E-state index is 8.70. The zero-order valence-corrected chi connectivity index (χ0v) is 7.74. The average molecular weight is 324 g/mol.